The number of hydrogen-bond acceptors (Lipinski definition) is 10. The highest BCUT2D eigenvalue weighted by molar-refractivity contribution is 5.98. The molecule has 2 saturated heterocycles. The molecule has 7 N–H and O–H groups in total. The van der Waals surface area contributed by atoms with Gasteiger partial charge in [-0.1, -0.05) is 24.3 Å². The summed E-state index contributed by atoms with van der Waals surface area (Å²) in [6, 6.07) is 16.7. The number of hydrogen-bond donors (Lipinski definition) is 6. The molecule has 2 aromatic carbocycles. The van der Waals surface area contributed by atoms with Crippen molar-refractivity contribution in [2.45, 2.75) is 76.0 Å². The predicted octanol–water partition coefficient (Wildman–Crippen LogP) is 2.92. The minimum atomic E-state index is -0.796. The molecule has 2 aromatic heterocycles. The molecule has 0 radical (unpaired) electrons. The second-order valence-corrected chi connectivity index (χ2v) is 14.3. The van der Waals surface area contributed by atoms with Gasteiger partial charge >= 0.3 is 0 Å². The Morgan fingerprint density at radius 2 is 1.67 bits per heavy atom. The van der Waals surface area contributed by atoms with Crippen molar-refractivity contribution in [3.8, 4) is 22.5 Å². The molecule has 3 aliphatic rings. The lowest BCUT2D eigenvalue weighted by atomic mass is 9.81. The molecule has 3 amide bonds. The molecule has 3 fully saturated rings. The molecular formula is C38H46N10O4. The van der Waals surface area contributed by atoms with Gasteiger partial charge < -0.3 is 31.7 Å². The fourth-order valence-corrected chi connectivity index (χ4v) is 7.63. The summed E-state index contributed by atoms with van der Waals surface area (Å²) in [4.78, 5) is 44.8. The van der Waals surface area contributed by atoms with Crippen molar-refractivity contribution in [1.82, 2.24) is 41.6 Å². The van der Waals surface area contributed by atoms with Gasteiger partial charge in [0.2, 0.25) is 17.6 Å². The fourth-order valence-electron chi connectivity index (χ4n) is 7.63. The number of tetrazole rings is 1. The van der Waals surface area contributed by atoms with Crippen LogP contribution in [0, 0.1) is 18.8 Å². The smallest absolute Gasteiger partial charge is 0.270 e. The van der Waals surface area contributed by atoms with E-state index in [1.54, 1.807) is 30.5 Å². The summed E-state index contributed by atoms with van der Waals surface area (Å²) in [5.41, 5.74) is 11.3. The van der Waals surface area contributed by atoms with E-state index in [1.807, 2.05) is 37.3 Å². The van der Waals surface area contributed by atoms with Crippen molar-refractivity contribution in [3.63, 3.8) is 0 Å². The maximum atomic E-state index is 13.7. The number of carbonyl (C=O) groups is 3. The number of rotatable bonds is 11. The van der Waals surface area contributed by atoms with E-state index < -0.39 is 6.04 Å². The third kappa shape index (κ3) is 8.52. The number of aromatic nitrogens is 5. The van der Waals surface area contributed by atoms with Crippen LogP contribution in [0.2, 0.25) is 0 Å². The van der Waals surface area contributed by atoms with Crippen molar-refractivity contribution >= 4 is 23.4 Å². The van der Waals surface area contributed by atoms with Crippen LogP contribution in [0.15, 0.2) is 60.8 Å². The van der Waals surface area contributed by atoms with Crippen LogP contribution in [0.1, 0.15) is 60.1 Å². The number of anilines is 1. The third-order valence-corrected chi connectivity index (χ3v) is 10.6. The average molecular weight is 707 g/mol. The predicted molar refractivity (Wildman–Crippen MR) is 195 cm³/mol. The van der Waals surface area contributed by atoms with Crippen molar-refractivity contribution in [3.05, 3.63) is 77.6 Å². The first-order chi connectivity index (χ1) is 25.3. The lowest BCUT2D eigenvalue weighted by Gasteiger charge is -2.40. The van der Waals surface area contributed by atoms with Gasteiger partial charge in [0.15, 0.2) is 0 Å². The second kappa shape index (κ2) is 16.1. The number of piperidine rings is 1. The van der Waals surface area contributed by atoms with Gasteiger partial charge in [-0.25, -0.2) is 0 Å². The number of morpholine rings is 1. The molecule has 14 heteroatoms. The van der Waals surface area contributed by atoms with Gasteiger partial charge in [-0.15, -0.1) is 10.2 Å². The Balaban J connectivity index is 1.01. The number of benzene rings is 2. The summed E-state index contributed by atoms with van der Waals surface area (Å²) in [7, 11) is 0. The number of carbonyl (C=O) groups excluding carboxylic acids is 3. The molecule has 3 atom stereocenters. The van der Waals surface area contributed by atoms with E-state index in [0.717, 1.165) is 66.3 Å². The van der Waals surface area contributed by atoms with E-state index in [1.165, 1.54) is 0 Å². The first-order valence-corrected chi connectivity index (χ1v) is 18.2. The molecule has 2 unspecified atom stereocenters. The third-order valence-electron chi connectivity index (χ3n) is 10.6. The maximum Gasteiger partial charge on any atom is 0.270 e. The second-order valence-electron chi connectivity index (χ2n) is 14.3. The minimum absolute atomic E-state index is 0.0900. The van der Waals surface area contributed by atoms with Crippen molar-refractivity contribution in [1.29, 1.82) is 0 Å². The quantitative estimate of drug-likeness (QED) is 0.135. The minimum Gasteiger partial charge on any atom is -0.378 e. The lowest BCUT2D eigenvalue weighted by molar-refractivity contribution is -0.130. The summed E-state index contributed by atoms with van der Waals surface area (Å²) in [5.74, 6) is 0.160. The van der Waals surface area contributed by atoms with Crippen LogP contribution >= 0.6 is 0 Å². The van der Waals surface area contributed by atoms with Crippen LogP contribution in [0.3, 0.4) is 0 Å². The Morgan fingerprint density at radius 3 is 2.33 bits per heavy atom. The van der Waals surface area contributed by atoms with Gasteiger partial charge in [0.05, 0.1) is 13.2 Å². The highest BCUT2D eigenvalue weighted by atomic mass is 16.5. The van der Waals surface area contributed by atoms with E-state index >= 15 is 0 Å². The molecule has 14 nitrogen and oxygen atoms in total. The Labute approximate surface area is 302 Å². The number of fused-ring (bicyclic) bond motifs is 2. The summed E-state index contributed by atoms with van der Waals surface area (Å²) in [6.07, 6.45) is 7.06. The first kappa shape index (κ1) is 35.4. The molecule has 0 spiro atoms. The molecule has 2 bridgehead atoms. The Morgan fingerprint density at radius 1 is 0.962 bits per heavy atom. The summed E-state index contributed by atoms with van der Waals surface area (Å²) in [6.45, 7) is 3.95. The number of nitrogens with one attached hydrogen (secondary N) is 5. The summed E-state index contributed by atoms with van der Waals surface area (Å²) in [5, 5.41) is 26.8. The number of H-pyrrole nitrogens is 1. The largest absolute Gasteiger partial charge is 0.378 e. The van der Waals surface area contributed by atoms with Crippen molar-refractivity contribution in [2.75, 3.05) is 25.1 Å². The normalized spacial score (nSPS) is 23.3. The summed E-state index contributed by atoms with van der Waals surface area (Å²) >= 11 is 0. The Bertz CT molecular complexity index is 1830. The van der Waals surface area contributed by atoms with Crippen LogP contribution in [0.25, 0.3) is 22.5 Å². The Hall–Kier alpha value is -5.05. The highest BCUT2D eigenvalue weighted by Gasteiger charge is 2.33. The topological polar surface area (TPSA) is 202 Å². The van der Waals surface area contributed by atoms with Crippen LogP contribution in [-0.2, 0) is 20.7 Å². The Kier molecular flexibility index (Phi) is 10.9. The molecule has 52 heavy (non-hydrogen) atoms. The highest BCUT2D eigenvalue weighted by Crippen LogP contribution is 2.29. The van der Waals surface area contributed by atoms with Crippen LogP contribution in [0.5, 0.6) is 0 Å². The van der Waals surface area contributed by atoms with E-state index in [4.69, 9.17) is 10.5 Å². The number of aryl methyl sites for hydroxylation is 1. The number of amides is 3. The lowest BCUT2D eigenvalue weighted by Crippen LogP contribution is -2.58. The van der Waals surface area contributed by atoms with Crippen LogP contribution in [0.4, 0.5) is 5.69 Å². The zero-order valence-corrected chi connectivity index (χ0v) is 29.3. The zero-order valence-electron chi connectivity index (χ0n) is 29.3. The van der Waals surface area contributed by atoms with E-state index in [0.29, 0.717) is 49.3 Å². The number of aromatic amines is 1. The van der Waals surface area contributed by atoms with Crippen LogP contribution in [-0.4, -0.2) is 87.3 Å². The first-order valence-electron chi connectivity index (χ1n) is 18.2. The number of nitrogens with zero attached hydrogens (tertiary/aromatic N) is 4. The fraction of sp³-hybridized carbons (Fsp3) is 0.447. The molecule has 4 aromatic rings. The van der Waals surface area contributed by atoms with E-state index in [-0.39, 0.29) is 41.8 Å². The van der Waals surface area contributed by atoms with Crippen LogP contribution < -0.4 is 27.0 Å². The van der Waals surface area contributed by atoms with E-state index in [9.17, 15) is 14.4 Å². The molecule has 4 heterocycles. The van der Waals surface area contributed by atoms with Gasteiger partial charge in [-0.05, 0) is 110 Å². The van der Waals surface area contributed by atoms with Crippen molar-refractivity contribution < 1.29 is 19.1 Å². The number of nitrogens with two attached hydrogens (primary N) is 1. The summed E-state index contributed by atoms with van der Waals surface area (Å²) < 4.78 is 5.63. The zero-order chi connectivity index (χ0) is 36.0. The number of ether oxygens (including phenoxy) is 1. The van der Waals surface area contributed by atoms with Crippen molar-refractivity contribution in [2.24, 2.45) is 17.6 Å². The van der Waals surface area contributed by atoms with Gasteiger partial charge in [-0.2, -0.15) is 5.21 Å². The standard InChI is InChI=1S/C38H46N10O4/c1-22-14-33(37(50)43-29-16-30-20-52-21-31(17-29)41-30)40-19-32(22)25-6-2-23(3-7-25)15-34(44-36(49)27-8-4-24(18-39)5-9-27)38(51)42-28-12-10-26(11-13-28)35-45-47-48-46-35/h2-3,6-7,10-14,19,24,27,29-31,34,41H,4-5,8-9,15-18,20-21,39H2,1H3,(H,42,51)(H,43,50)(H,44,49)(H,45,46,47,48)/t24?,27?,29?,30?,31?,34-/m0/s1. The molecule has 1 aliphatic carbocycles. The average Bonchev–Trinajstić information content (AvgIpc) is 3.70. The molecule has 272 valence electrons. The molecule has 2 aliphatic heterocycles. The van der Waals surface area contributed by atoms with E-state index in [2.05, 4.69) is 46.9 Å². The SMILES string of the molecule is Cc1cc(C(=O)NC2CC3COCC(C2)N3)ncc1-c1ccc(C[C@H](NC(=O)C2CCC(CN)CC2)C(=O)Nc2ccc(-c3nn[nH]n3)cc2)cc1. The monoisotopic (exact) mass is 706 g/mol. The number of pyridine rings is 1. The molecular weight excluding hydrogens is 660 g/mol. The molecule has 7 rings (SSSR count). The van der Waals surface area contributed by atoms with Gasteiger partial charge in [-0.3, -0.25) is 19.4 Å². The van der Waals surface area contributed by atoms with Gasteiger partial charge in [0, 0.05) is 53.5 Å². The van der Waals surface area contributed by atoms with Gasteiger partial charge in [0.1, 0.15) is 11.7 Å². The molecule has 1 saturated carbocycles. The van der Waals surface area contributed by atoms with Gasteiger partial charge in [0.25, 0.3) is 5.91 Å². The maximum absolute atomic E-state index is 13.7.